The van der Waals surface area contributed by atoms with Crippen LogP contribution in [0.2, 0.25) is 0 Å². The van der Waals surface area contributed by atoms with E-state index in [1.54, 1.807) is 12.1 Å². The Balaban J connectivity index is 1.86. The third-order valence-electron chi connectivity index (χ3n) is 4.76. The molecule has 0 atom stereocenters. The lowest BCUT2D eigenvalue weighted by atomic mass is 9.88. The van der Waals surface area contributed by atoms with E-state index in [1.807, 2.05) is 23.9 Å². The maximum atomic E-state index is 14.5. The minimum Gasteiger partial charge on any atom is -0.306 e. The van der Waals surface area contributed by atoms with Crippen LogP contribution >= 0.6 is 11.8 Å². The van der Waals surface area contributed by atoms with Gasteiger partial charge in [0.05, 0.1) is 0 Å². The Kier molecular flexibility index (Phi) is 5.08. The molecule has 1 aliphatic heterocycles. The molecule has 0 spiro atoms. The molecule has 1 aliphatic rings. The quantitative estimate of drug-likeness (QED) is 0.777. The summed E-state index contributed by atoms with van der Waals surface area (Å²) in [5.41, 5.74) is 3.49. The van der Waals surface area contributed by atoms with Crippen molar-refractivity contribution in [3.05, 3.63) is 71.0 Å². The van der Waals surface area contributed by atoms with E-state index >= 15 is 0 Å². The van der Waals surface area contributed by atoms with Gasteiger partial charge in [0, 0.05) is 16.1 Å². The van der Waals surface area contributed by atoms with Crippen LogP contribution in [0.1, 0.15) is 29.5 Å². The van der Waals surface area contributed by atoms with Gasteiger partial charge in [0.25, 0.3) is 0 Å². The van der Waals surface area contributed by atoms with Crippen molar-refractivity contribution in [3.8, 4) is 0 Å². The first-order valence-electron chi connectivity index (χ1n) is 8.22. The van der Waals surface area contributed by atoms with Crippen molar-refractivity contribution in [1.82, 2.24) is 4.90 Å². The van der Waals surface area contributed by atoms with E-state index in [2.05, 4.69) is 43.1 Å². The first kappa shape index (κ1) is 16.5. The zero-order valence-corrected chi connectivity index (χ0v) is 14.7. The fourth-order valence-electron chi connectivity index (χ4n) is 3.33. The number of likely N-dealkylation sites (tertiary alicyclic amines) is 1. The van der Waals surface area contributed by atoms with Crippen molar-refractivity contribution >= 4 is 11.8 Å². The molecule has 2 aromatic rings. The number of hydrogen-bond acceptors (Lipinski definition) is 2. The third kappa shape index (κ3) is 3.78. The van der Waals surface area contributed by atoms with Crippen LogP contribution in [0.4, 0.5) is 4.39 Å². The Hall–Kier alpha value is -1.32. The lowest BCUT2D eigenvalue weighted by Gasteiger charge is -2.41. The molecule has 2 aromatic carbocycles. The second kappa shape index (κ2) is 7.06. The van der Waals surface area contributed by atoms with Gasteiger partial charge in [0.15, 0.2) is 0 Å². The Labute approximate surface area is 142 Å². The van der Waals surface area contributed by atoms with Gasteiger partial charge in [-0.1, -0.05) is 48.0 Å². The second-order valence-electron chi connectivity index (χ2n) is 6.56. The van der Waals surface area contributed by atoms with Gasteiger partial charge in [-0.05, 0) is 51.5 Å². The Bertz CT molecular complexity index is 662. The minimum absolute atomic E-state index is 0.0613. The molecule has 0 bridgehead atoms. The normalized spacial score (nSPS) is 18.0. The number of nitrogens with zero attached hydrogens (tertiary/aromatic N) is 1. The van der Waals surface area contributed by atoms with Crippen molar-refractivity contribution in [1.29, 1.82) is 0 Å². The van der Waals surface area contributed by atoms with Crippen LogP contribution < -0.4 is 0 Å². The van der Waals surface area contributed by atoms with Crippen LogP contribution in [0.5, 0.6) is 0 Å². The number of benzene rings is 2. The topological polar surface area (TPSA) is 3.24 Å². The molecule has 1 fully saturated rings. The van der Waals surface area contributed by atoms with Crippen LogP contribution in [0.15, 0.2) is 48.5 Å². The summed E-state index contributed by atoms with van der Waals surface area (Å²) in [5.74, 6) is 0.869. The summed E-state index contributed by atoms with van der Waals surface area (Å²) in [7, 11) is 2.15. The van der Waals surface area contributed by atoms with Gasteiger partial charge in [-0.2, -0.15) is 0 Å². The van der Waals surface area contributed by atoms with E-state index in [9.17, 15) is 4.39 Å². The summed E-state index contributed by atoms with van der Waals surface area (Å²) in [4.78, 5) is 2.34. The van der Waals surface area contributed by atoms with E-state index in [-0.39, 0.29) is 10.6 Å². The van der Waals surface area contributed by atoms with Gasteiger partial charge in [-0.25, -0.2) is 4.39 Å². The van der Waals surface area contributed by atoms with E-state index in [4.69, 9.17) is 0 Å². The highest BCUT2D eigenvalue weighted by Gasteiger charge is 2.37. The predicted molar refractivity (Wildman–Crippen MR) is 97.3 cm³/mol. The average molecular weight is 329 g/mol. The molecule has 0 aromatic heterocycles. The van der Waals surface area contributed by atoms with Gasteiger partial charge >= 0.3 is 0 Å². The molecule has 3 rings (SSSR count). The summed E-state index contributed by atoms with van der Waals surface area (Å²) in [6, 6.07) is 16.0. The summed E-state index contributed by atoms with van der Waals surface area (Å²) in [6.07, 6.45) is 2.00. The highest BCUT2D eigenvalue weighted by Crippen LogP contribution is 2.47. The number of halogens is 1. The van der Waals surface area contributed by atoms with Gasteiger partial charge in [0.1, 0.15) is 5.82 Å². The molecule has 23 heavy (non-hydrogen) atoms. The Morgan fingerprint density at radius 3 is 2.52 bits per heavy atom. The zero-order chi connectivity index (χ0) is 16.3. The zero-order valence-electron chi connectivity index (χ0n) is 13.9. The standard InChI is InChI=1S/C20H24FNS/c1-16-6-5-7-17(14-16)15-23-20(10-12-22(2)13-11-20)18-8-3-4-9-19(18)21/h3-9,14H,10-13,15H2,1-2H3. The second-order valence-corrected chi connectivity index (χ2v) is 7.91. The number of rotatable bonds is 4. The SMILES string of the molecule is Cc1cccc(CSC2(c3ccccc3F)CCN(C)CC2)c1. The van der Waals surface area contributed by atoms with Crippen LogP contribution in [0.25, 0.3) is 0 Å². The van der Waals surface area contributed by atoms with Gasteiger partial charge in [-0.3, -0.25) is 0 Å². The molecule has 122 valence electrons. The summed E-state index contributed by atoms with van der Waals surface area (Å²) >= 11 is 1.91. The molecule has 1 nitrogen and oxygen atoms in total. The molecule has 0 unspecified atom stereocenters. The number of piperidine rings is 1. The fourth-order valence-corrected chi connectivity index (χ4v) is 4.74. The predicted octanol–water partition coefficient (Wildman–Crippen LogP) is 4.99. The van der Waals surface area contributed by atoms with Crippen LogP contribution in [-0.2, 0) is 10.5 Å². The lowest BCUT2D eigenvalue weighted by molar-refractivity contribution is 0.237. The first-order chi connectivity index (χ1) is 11.1. The monoisotopic (exact) mass is 329 g/mol. The lowest BCUT2D eigenvalue weighted by Crippen LogP contribution is -2.39. The average Bonchev–Trinajstić information content (AvgIpc) is 2.55. The van der Waals surface area contributed by atoms with E-state index in [0.717, 1.165) is 37.2 Å². The molecule has 0 radical (unpaired) electrons. The smallest absolute Gasteiger partial charge is 0.127 e. The fraction of sp³-hybridized carbons (Fsp3) is 0.400. The Morgan fingerprint density at radius 2 is 1.83 bits per heavy atom. The van der Waals surface area contributed by atoms with Crippen molar-refractivity contribution in [2.45, 2.75) is 30.3 Å². The molecule has 0 amide bonds. The molecular formula is C20H24FNS. The van der Waals surface area contributed by atoms with E-state index in [1.165, 1.54) is 11.1 Å². The van der Waals surface area contributed by atoms with Crippen molar-refractivity contribution in [3.63, 3.8) is 0 Å². The largest absolute Gasteiger partial charge is 0.306 e. The molecule has 0 saturated carbocycles. The number of thioether (sulfide) groups is 1. The van der Waals surface area contributed by atoms with Gasteiger partial charge < -0.3 is 4.90 Å². The molecule has 0 aliphatic carbocycles. The minimum atomic E-state index is -0.110. The summed E-state index contributed by atoms with van der Waals surface area (Å²) < 4.78 is 14.4. The van der Waals surface area contributed by atoms with Crippen LogP contribution in [0.3, 0.4) is 0 Å². The summed E-state index contributed by atoms with van der Waals surface area (Å²) in [5, 5.41) is 0. The molecular weight excluding hydrogens is 305 g/mol. The molecule has 1 saturated heterocycles. The third-order valence-corrected chi connectivity index (χ3v) is 6.42. The molecule has 3 heteroatoms. The van der Waals surface area contributed by atoms with Crippen molar-refractivity contribution < 1.29 is 4.39 Å². The summed E-state index contributed by atoms with van der Waals surface area (Å²) in [6.45, 7) is 4.17. The highest BCUT2D eigenvalue weighted by molar-refractivity contribution is 7.99. The van der Waals surface area contributed by atoms with Crippen molar-refractivity contribution in [2.24, 2.45) is 0 Å². The molecule has 0 N–H and O–H groups in total. The van der Waals surface area contributed by atoms with Gasteiger partial charge in [0.2, 0.25) is 0 Å². The first-order valence-corrected chi connectivity index (χ1v) is 9.21. The Morgan fingerprint density at radius 1 is 1.09 bits per heavy atom. The maximum Gasteiger partial charge on any atom is 0.127 e. The number of aryl methyl sites for hydroxylation is 1. The van der Waals surface area contributed by atoms with Crippen LogP contribution in [0, 0.1) is 12.7 Å². The molecule has 1 heterocycles. The highest BCUT2D eigenvalue weighted by atomic mass is 32.2. The van der Waals surface area contributed by atoms with E-state index in [0.29, 0.717) is 0 Å². The van der Waals surface area contributed by atoms with Crippen molar-refractivity contribution in [2.75, 3.05) is 20.1 Å². The van der Waals surface area contributed by atoms with E-state index < -0.39 is 0 Å². The van der Waals surface area contributed by atoms with Crippen LogP contribution in [-0.4, -0.2) is 25.0 Å². The van der Waals surface area contributed by atoms with Gasteiger partial charge in [-0.15, -0.1) is 11.8 Å². The maximum absolute atomic E-state index is 14.5. The number of hydrogen-bond donors (Lipinski definition) is 0.